The summed E-state index contributed by atoms with van der Waals surface area (Å²) >= 11 is 1.24. The monoisotopic (exact) mass is 346 g/mol. The Balaban J connectivity index is 1.90. The van der Waals surface area contributed by atoms with E-state index in [9.17, 15) is 13.2 Å². The molecule has 1 saturated heterocycles. The third-order valence-corrected chi connectivity index (χ3v) is 7.36. The molecule has 1 fully saturated rings. The lowest BCUT2D eigenvalue weighted by molar-refractivity contribution is -0.896. The largest absolute Gasteiger partial charge is 0.338 e. The third kappa shape index (κ3) is 3.87. The zero-order valence-electron chi connectivity index (χ0n) is 13.3. The van der Waals surface area contributed by atoms with E-state index in [4.69, 9.17) is 0 Å². The summed E-state index contributed by atoms with van der Waals surface area (Å²) in [7, 11) is -1.55. The fraction of sp³-hybridized carbons (Fsp3) is 0.643. The Kier molecular flexibility index (Phi) is 5.60. The molecule has 1 amide bonds. The van der Waals surface area contributed by atoms with Crippen molar-refractivity contribution in [1.29, 1.82) is 0 Å². The summed E-state index contributed by atoms with van der Waals surface area (Å²) in [4.78, 5) is 15.0. The molecule has 0 spiro atoms. The predicted molar refractivity (Wildman–Crippen MR) is 86.5 cm³/mol. The second kappa shape index (κ2) is 7.08. The number of hydrogen-bond acceptors (Lipinski definition) is 4. The Bertz CT molecular complexity index is 591. The van der Waals surface area contributed by atoms with E-state index in [1.165, 1.54) is 15.6 Å². The Hall–Kier alpha value is -0.960. The van der Waals surface area contributed by atoms with E-state index in [1.807, 2.05) is 20.9 Å². The summed E-state index contributed by atoms with van der Waals surface area (Å²) in [5, 5.41) is 1.77. The highest BCUT2D eigenvalue weighted by Gasteiger charge is 2.32. The van der Waals surface area contributed by atoms with Gasteiger partial charge in [0, 0.05) is 13.1 Å². The first-order chi connectivity index (χ1) is 10.3. The van der Waals surface area contributed by atoms with Gasteiger partial charge in [0.2, 0.25) is 0 Å². The predicted octanol–water partition coefficient (Wildman–Crippen LogP) is -0.496. The second-order valence-electron chi connectivity index (χ2n) is 5.86. The molecule has 0 bridgehead atoms. The SMILES string of the molecule is CC(C)N(C)C(=O)C[NH+]1CCN(S(=O)(=O)c2cccs2)CC1. The van der Waals surface area contributed by atoms with Gasteiger partial charge in [0.05, 0.1) is 26.2 Å². The summed E-state index contributed by atoms with van der Waals surface area (Å²) in [6.45, 7) is 6.67. The van der Waals surface area contributed by atoms with Crippen LogP contribution in [0.1, 0.15) is 13.8 Å². The van der Waals surface area contributed by atoms with E-state index < -0.39 is 10.0 Å². The van der Waals surface area contributed by atoms with E-state index in [0.29, 0.717) is 36.9 Å². The van der Waals surface area contributed by atoms with Crippen molar-refractivity contribution in [3.05, 3.63) is 17.5 Å². The molecule has 1 aliphatic heterocycles. The van der Waals surface area contributed by atoms with Crippen molar-refractivity contribution in [3.8, 4) is 0 Å². The molecule has 0 unspecified atom stereocenters. The molecular formula is C14H24N3O3S2+. The Labute approximate surface area is 136 Å². The molecule has 6 nitrogen and oxygen atoms in total. The molecule has 2 rings (SSSR count). The number of thiophene rings is 1. The van der Waals surface area contributed by atoms with Gasteiger partial charge in [-0.2, -0.15) is 4.31 Å². The number of amides is 1. The van der Waals surface area contributed by atoms with Crippen LogP contribution in [0.5, 0.6) is 0 Å². The normalized spacial score (nSPS) is 17.8. The summed E-state index contributed by atoms with van der Waals surface area (Å²) in [6, 6.07) is 3.58. The minimum absolute atomic E-state index is 0.111. The number of quaternary nitrogens is 1. The molecule has 1 aromatic heterocycles. The highest BCUT2D eigenvalue weighted by molar-refractivity contribution is 7.91. The van der Waals surface area contributed by atoms with Crippen molar-refractivity contribution < 1.29 is 18.1 Å². The van der Waals surface area contributed by atoms with Gasteiger partial charge in [0.1, 0.15) is 4.21 Å². The van der Waals surface area contributed by atoms with Crippen LogP contribution < -0.4 is 4.90 Å². The Morgan fingerprint density at radius 2 is 2.05 bits per heavy atom. The highest BCUT2D eigenvalue weighted by atomic mass is 32.2. The van der Waals surface area contributed by atoms with Gasteiger partial charge in [-0.05, 0) is 25.3 Å². The van der Waals surface area contributed by atoms with Crippen LogP contribution >= 0.6 is 11.3 Å². The number of sulfonamides is 1. The first-order valence-corrected chi connectivity index (χ1v) is 9.77. The van der Waals surface area contributed by atoms with Crippen molar-refractivity contribution >= 4 is 27.3 Å². The highest BCUT2D eigenvalue weighted by Crippen LogP contribution is 2.20. The maximum atomic E-state index is 12.4. The molecule has 1 aromatic rings. The van der Waals surface area contributed by atoms with Gasteiger partial charge in [0.25, 0.3) is 15.9 Å². The van der Waals surface area contributed by atoms with Crippen molar-refractivity contribution in [3.63, 3.8) is 0 Å². The minimum Gasteiger partial charge on any atom is -0.338 e. The molecule has 22 heavy (non-hydrogen) atoms. The molecule has 0 aliphatic carbocycles. The molecule has 1 aliphatic rings. The lowest BCUT2D eigenvalue weighted by Gasteiger charge is -2.32. The lowest BCUT2D eigenvalue weighted by Crippen LogP contribution is -3.15. The van der Waals surface area contributed by atoms with Crippen LogP contribution in [0, 0.1) is 0 Å². The minimum atomic E-state index is -3.36. The summed E-state index contributed by atoms with van der Waals surface area (Å²) < 4.78 is 26.8. The average Bonchev–Trinajstić information content (AvgIpc) is 3.01. The van der Waals surface area contributed by atoms with Crippen LogP contribution in [-0.4, -0.2) is 69.3 Å². The quantitative estimate of drug-likeness (QED) is 0.782. The van der Waals surface area contributed by atoms with Crippen molar-refractivity contribution in [2.45, 2.75) is 24.1 Å². The zero-order chi connectivity index (χ0) is 16.3. The van der Waals surface area contributed by atoms with Crippen LogP contribution in [0.15, 0.2) is 21.7 Å². The van der Waals surface area contributed by atoms with Crippen molar-refractivity contribution in [1.82, 2.24) is 9.21 Å². The van der Waals surface area contributed by atoms with Gasteiger partial charge in [-0.25, -0.2) is 8.42 Å². The van der Waals surface area contributed by atoms with E-state index in [2.05, 4.69) is 0 Å². The molecule has 8 heteroatoms. The number of likely N-dealkylation sites (N-methyl/N-ethyl adjacent to an activating group) is 1. The third-order valence-electron chi connectivity index (χ3n) is 4.09. The number of hydrogen-bond donors (Lipinski definition) is 1. The van der Waals surface area contributed by atoms with Gasteiger partial charge < -0.3 is 9.80 Å². The number of nitrogens with one attached hydrogen (secondary N) is 1. The maximum Gasteiger partial charge on any atom is 0.277 e. The first-order valence-electron chi connectivity index (χ1n) is 7.45. The van der Waals surface area contributed by atoms with E-state index in [0.717, 1.165) is 4.90 Å². The smallest absolute Gasteiger partial charge is 0.277 e. The van der Waals surface area contributed by atoms with Gasteiger partial charge in [-0.15, -0.1) is 11.3 Å². The number of piperazine rings is 1. The fourth-order valence-corrected chi connectivity index (χ4v) is 4.97. The van der Waals surface area contributed by atoms with E-state index >= 15 is 0 Å². The Morgan fingerprint density at radius 3 is 2.55 bits per heavy atom. The molecule has 0 aromatic carbocycles. The van der Waals surface area contributed by atoms with E-state index in [-0.39, 0.29) is 11.9 Å². The van der Waals surface area contributed by atoms with Crippen LogP contribution in [0.25, 0.3) is 0 Å². The number of carbonyl (C=O) groups is 1. The molecule has 0 saturated carbocycles. The topological polar surface area (TPSA) is 62.1 Å². The second-order valence-corrected chi connectivity index (χ2v) is 8.97. The molecular weight excluding hydrogens is 322 g/mol. The van der Waals surface area contributed by atoms with Crippen molar-refractivity contribution in [2.75, 3.05) is 39.8 Å². The zero-order valence-corrected chi connectivity index (χ0v) is 14.9. The van der Waals surface area contributed by atoms with Crippen LogP contribution in [-0.2, 0) is 14.8 Å². The van der Waals surface area contributed by atoms with Gasteiger partial charge in [-0.1, -0.05) is 6.07 Å². The first kappa shape index (κ1) is 17.4. The van der Waals surface area contributed by atoms with Gasteiger partial charge >= 0.3 is 0 Å². The van der Waals surface area contributed by atoms with Gasteiger partial charge in [-0.3, -0.25) is 4.79 Å². The molecule has 0 radical (unpaired) electrons. The average molecular weight is 346 g/mol. The number of carbonyl (C=O) groups excluding carboxylic acids is 1. The van der Waals surface area contributed by atoms with Crippen LogP contribution in [0.2, 0.25) is 0 Å². The van der Waals surface area contributed by atoms with Crippen LogP contribution in [0.3, 0.4) is 0 Å². The van der Waals surface area contributed by atoms with Crippen molar-refractivity contribution in [2.24, 2.45) is 0 Å². The summed E-state index contributed by atoms with van der Waals surface area (Å²) in [5.74, 6) is 0.111. The molecule has 0 atom stereocenters. The molecule has 124 valence electrons. The molecule has 1 N–H and O–H groups in total. The summed E-state index contributed by atoms with van der Waals surface area (Å²) in [6.07, 6.45) is 0. The van der Waals surface area contributed by atoms with E-state index in [1.54, 1.807) is 22.4 Å². The van der Waals surface area contributed by atoms with Gasteiger partial charge in [0.15, 0.2) is 6.54 Å². The summed E-state index contributed by atoms with van der Waals surface area (Å²) in [5.41, 5.74) is 0. The number of nitrogens with zero attached hydrogens (tertiary/aromatic N) is 2. The Morgan fingerprint density at radius 1 is 1.41 bits per heavy atom. The molecule has 2 heterocycles. The standard InChI is InChI=1S/C14H23N3O3S2/c1-12(2)15(3)13(18)11-16-6-8-17(9-7-16)22(19,20)14-5-4-10-21-14/h4-5,10,12H,6-9,11H2,1-3H3/p+1. The lowest BCUT2D eigenvalue weighted by atomic mass is 10.3. The van der Waals surface area contributed by atoms with Crippen LogP contribution in [0.4, 0.5) is 0 Å². The number of rotatable bonds is 5. The fourth-order valence-electron chi connectivity index (χ4n) is 2.38. The maximum absolute atomic E-state index is 12.4.